The van der Waals surface area contributed by atoms with E-state index in [9.17, 15) is 0 Å². The van der Waals surface area contributed by atoms with Crippen LogP contribution in [0.3, 0.4) is 0 Å². The van der Waals surface area contributed by atoms with Gasteiger partial charge in [-0.05, 0) is 39.9 Å². The van der Waals surface area contributed by atoms with Gasteiger partial charge in [-0.15, -0.1) is 0 Å². The zero-order chi connectivity index (χ0) is 24.4. The van der Waals surface area contributed by atoms with Crippen molar-refractivity contribution in [3.05, 3.63) is 155 Å². The Hall–Kier alpha value is -4.28. The number of thioether (sulfide) groups is 1. The molecule has 176 valence electrons. The second-order valence-electron chi connectivity index (χ2n) is 9.60. The summed E-state index contributed by atoms with van der Waals surface area (Å²) in [6.45, 7) is 0. The molecule has 8 rings (SSSR count). The van der Waals surface area contributed by atoms with Gasteiger partial charge >= 0.3 is 0 Å². The van der Waals surface area contributed by atoms with Crippen molar-refractivity contribution in [2.45, 2.75) is 10.8 Å². The van der Waals surface area contributed by atoms with Crippen LogP contribution in [0.15, 0.2) is 126 Å². The van der Waals surface area contributed by atoms with E-state index in [1.54, 1.807) is 11.8 Å². The van der Waals surface area contributed by atoms with Crippen molar-refractivity contribution in [1.29, 1.82) is 0 Å². The molecule has 1 aliphatic carbocycles. The highest BCUT2D eigenvalue weighted by molar-refractivity contribution is 8.14. The summed E-state index contributed by atoms with van der Waals surface area (Å²) >= 11 is 1.74. The number of fused-ring (bicyclic) bond motifs is 9. The Balaban J connectivity index is 1.31. The first-order valence-corrected chi connectivity index (χ1v) is 13.4. The lowest BCUT2D eigenvalue weighted by atomic mass is 9.66. The Kier molecular flexibility index (Phi) is 4.43. The van der Waals surface area contributed by atoms with Crippen LogP contribution >= 0.6 is 11.8 Å². The van der Waals surface area contributed by atoms with E-state index in [1.807, 2.05) is 6.07 Å². The molecule has 5 aromatic carbocycles. The molecule has 0 saturated heterocycles. The third kappa shape index (κ3) is 2.87. The van der Waals surface area contributed by atoms with E-state index >= 15 is 0 Å². The summed E-state index contributed by atoms with van der Waals surface area (Å²) in [4.78, 5) is 0. The predicted molar refractivity (Wildman–Crippen MR) is 150 cm³/mol. The Morgan fingerprint density at radius 3 is 2.00 bits per heavy atom. The van der Waals surface area contributed by atoms with Crippen LogP contribution in [-0.4, -0.2) is 5.04 Å². The zero-order valence-corrected chi connectivity index (χ0v) is 20.7. The molecule has 0 fully saturated rings. The minimum Gasteiger partial charge on any atom is -0.457 e. The van der Waals surface area contributed by atoms with Crippen molar-refractivity contribution in [1.82, 2.24) is 5.43 Å². The molecule has 3 aliphatic rings. The fourth-order valence-corrected chi connectivity index (χ4v) is 7.17. The quantitative estimate of drug-likeness (QED) is 0.266. The van der Waals surface area contributed by atoms with Crippen molar-refractivity contribution in [2.75, 3.05) is 0 Å². The van der Waals surface area contributed by atoms with Crippen LogP contribution in [0.2, 0.25) is 0 Å². The topological polar surface area (TPSA) is 33.6 Å². The molecule has 37 heavy (non-hydrogen) atoms. The van der Waals surface area contributed by atoms with E-state index in [1.165, 1.54) is 38.9 Å². The number of ether oxygens (including phenoxy) is 1. The number of hydrazone groups is 1. The van der Waals surface area contributed by atoms with E-state index in [2.05, 4.69) is 121 Å². The fraction of sp³-hybridized carbons (Fsp3) is 0.0606. The zero-order valence-electron chi connectivity index (χ0n) is 19.9. The van der Waals surface area contributed by atoms with Gasteiger partial charge in [-0.2, -0.15) is 5.10 Å². The molecule has 1 atom stereocenters. The molecule has 0 radical (unpaired) electrons. The number of rotatable bonds is 2. The molecule has 2 aliphatic heterocycles. The van der Waals surface area contributed by atoms with E-state index in [4.69, 9.17) is 9.84 Å². The molecular formula is C33H22N2OS. The molecule has 2 heterocycles. The largest absolute Gasteiger partial charge is 0.457 e. The van der Waals surface area contributed by atoms with Crippen LogP contribution in [-0.2, 0) is 5.41 Å². The standard InChI is InChI=1S/C33H22N2OS/c1-2-10-21(11-3-1)31-34-35-32(37-31)22-18-19-28-30(20-22)36-29-17-9-8-16-27(29)33(28)25-14-6-4-12-23(25)24-13-5-7-15-26(24)33/h1-20,31,34H. The molecule has 0 bridgehead atoms. The van der Waals surface area contributed by atoms with Gasteiger partial charge in [0, 0.05) is 16.7 Å². The lowest BCUT2D eigenvalue weighted by molar-refractivity contribution is 0.436. The van der Waals surface area contributed by atoms with Crippen LogP contribution in [0.25, 0.3) is 11.1 Å². The highest BCUT2D eigenvalue weighted by Gasteiger charge is 2.50. The summed E-state index contributed by atoms with van der Waals surface area (Å²) in [5, 5.41) is 5.77. The summed E-state index contributed by atoms with van der Waals surface area (Å²) in [7, 11) is 0. The summed E-state index contributed by atoms with van der Waals surface area (Å²) in [5.74, 6) is 1.79. The fourth-order valence-electron chi connectivity index (χ4n) is 6.18. The van der Waals surface area contributed by atoms with E-state index in [0.29, 0.717) is 0 Å². The van der Waals surface area contributed by atoms with Crippen molar-refractivity contribution < 1.29 is 4.74 Å². The lowest BCUT2D eigenvalue weighted by Crippen LogP contribution is -2.32. The molecule has 1 N–H and O–H groups in total. The van der Waals surface area contributed by atoms with E-state index in [-0.39, 0.29) is 5.37 Å². The normalized spacial score (nSPS) is 17.6. The molecule has 5 aromatic rings. The number of hydrogen-bond acceptors (Lipinski definition) is 4. The van der Waals surface area contributed by atoms with Crippen LogP contribution in [0.4, 0.5) is 0 Å². The van der Waals surface area contributed by atoms with Crippen LogP contribution in [0.1, 0.15) is 38.8 Å². The number of hydrogen-bond donors (Lipinski definition) is 1. The summed E-state index contributed by atoms with van der Waals surface area (Å²) in [6.07, 6.45) is 0. The Morgan fingerprint density at radius 2 is 1.24 bits per heavy atom. The number of nitrogens with one attached hydrogen (secondary N) is 1. The van der Waals surface area contributed by atoms with Crippen LogP contribution < -0.4 is 10.2 Å². The molecule has 0 saturated carbocycles. The summed E-state index contributed by atoms with van der Waals surface area (Å²) < 4.78 is 6.62. The summed E-state index contributed by atoms with van der Waals surface area (Å²) in [5.41, 5.74) is 12.7. The second-order valence-corrected chi connectivity index (χ2v) is 10.7. The maximum absolute atomic E-state index is 6.62. The molecule has 1 unspecified atom stereocenters. The van der Waals surface area contributed by atoms with Gasteiger partial charge in [0.05, 0.1) is 5.41 Å². The summed E-state index contributed by atoms with van der Waals surface area (Å²) in [6, 6.07) is 43.1. The smallest absolute Gasteiger partial charge is 0.132 e. The molecule has 3 nitrogen and oxygen atoms in total. The molecule has 1 spiro atoms. The third-order valence-electron chi connectivity index (χ3n) is 7.71. The lowest BCUT2D eigenvalue weighted by Gasteiger charge is -2.39. The average molecular weight is 495 g/mol. The first-order chi connectivity index (χ1) is 18.3. The first-order valence-electron chi connectivity index (χ1n) is 12.5. The minimum absolute atomic E-state index is 0.105. The SMILES string of the molecule is c1ccc(C2NN=C(c3ccc4c(c3)Oc3ccccc3C43c4ccccc4-c4ccccc43)S2)cc1. The van der Waals surface area contributed by atoms with Gasteiger partial charge in [-0.1, -0.05) is 121 Å². The van der Waals surface area contributed by atoms with Gasteiger partial charge in [0.2, 0.25) is 0 Å². The van der Waals surface area contributed by atoms with Crippen LogP contribution in [0.5, 0.6) is 11.5 Å². The van der Waals surface area contributed by atoms with Crippen LogP contribution in [0, 0.1) is 0 Å². The number of benzene rings is 5. The van der Waals surface area contributed by atoms with Crippen molar-refractivity contribution in [2.24, 2.45) is 5.10 Å². The molecular weight excluding hydrogens is 472 g/mol. The van der Waals surface area contributed by atoms with Gasteiger partial charge in [-0.25, -0.2) is 0 Å². The number of nitrogens with zero attached hydrogens (tertiary/aromatic N) is 1. The maximum Gasteiger partial charge on any atom is 0.132 e. The maximum atomic E-state index is 6.62. The van der Waals surface area contributed by atoms with Crippen molar-refractivity contribution >= 4 is 16.8 Å². The monoisotopic (exact) mass is 494 g/mol. The highest BCUT2D eigenvalue weighted by atomic mass is 32.2. The van der Waals surface area contributed by atoms with Gasteiger partial charge in [0.1, 0.15) is 21.9 Å². The van der Waals surface area contributed by atoms with Gasteiger partial charge in [-0.3, -0.25) is 5.43 Å². The molecule has 0 aromatic heterocycles. The Morgan fingerprint density at radius 1 is 0.622 bits per heavy atom. The Labute approximate surface area is 219 Å². The van der Waals surface area contributed by atoms with Gasteiger partial charge in [0.15, 0.2) is 0 Å². The van der Waals surface area contributed by atoms with E-state index in [0.717, 1.165) is 22.1 Å². The van der Waals surface area contributed by atoms with E-state index < -0.39 is 5.41 Å². The third-order valence-corrected chi connectivity index (χ3v) is 8.87. The first kappa shape index (κ1) is 20.9. The second kappa shape index (κ2) is 7.86. The van der Waals surface area contributed by atoms with Crippen molar-refractivity contribution in [3.8, 4) is 22.6 Å². The molecule has 4 heteroatoms. The number of para-hydroxylation sites is 1. The average Bonchev–Trinajstić information content (AvgIpc) is 3.57. The van der Waals surface area contributed by atoms with Gasteiger partial charge in [0.25, 0.3) is 0 Å². The Bertz CT molecular complexity index is 1680. The highest BCUT2D eigenvalue weighted by Crippen LogP contribution is 2.62. The molecule has 0 amide bonds. The van der Waals surface area contributed by atoms with Crippen molar-refractivity contribution in [3.63, 3.8) is 0 Å². The van der Waals surface area contributed by atoms with Gasteiger partial charge < -0.3 is 4.74 Å². The minimum atomic E-state index is -0.425. The predicted octanol–water partition coefficient (Wildman–Crippen LogP) is 7.85.